The molecule has 0 aliphatic carbocycles. The number of hydrogen-bond donors (Lipinski definition) is 1. The van der Waals surface area contributed by atoms with Gasteiger partial charge in [-0.25, -0.2) is 8.78 Å². The molecule has 2 aromatic rings. The monoisotopic (exact) mass is 314 g/mol. The van der Waals surface area contributed by atoms with E-state index >= 15 is 0 Å². The topological polar surface area (TPSA) is 29.5 Å². The largest absolute Gasteiger partial charge is 0.454 e. The van der Waals surface area contributed by atoms with Gasteiger partial charge in [0.2, 0.25) is 0 Å². The van der Waals surface area contributed by atoms with E-state index in [0.29, 0.717) is 10.0 Å². The van der Waals surface area contributed by atoms with Gasteiger partial charge in [-0.1, -0.05) is 15.9 Å². The minimum absolute atomic E-state index is 0.00677. The Hall–Kier alpha value is -1.46. The standard InChI is InChI=1S/C13H9BrF2O2/c14-9-1-2-13(12(16)5-9)18-11-4-8(7-17)3-10(15)6-11/h1-6,17H,7H2. The van der Waals surface area contributed by atoms with Crippen LogP contribution in [0.25, 0.3) is 0 Å². The van der Waals surface area contributed by atoms with Gasteiger partial charge in [0, 0.05) is 10.5 Å². The van der Waals surface area contributed by atoms with Gasteiger partial charge in [-0.2, -0.15) is 0 Å². The minimum atomic E-state index is -0.556. The van der Waals surface area contributed by atoms with Crippen LogP contribution < -0.4 is 4.74 Å². The molecule has 0 saturated heterocycles. The maximum atomic E-state index is 13.5. The van der Waals surface area contributed by atoms with E-state index in [-0.39, 0.29) is 18.1 Å². The van der Waals surface area contributed by atoms with E-state index in [1.807, 2.05) is 0 Å². The molecular weight excluding hydrogens is 306 g/mol. The second-order valence-electron chi connectivity index (χ2n) is 3.63. The van der Waals surface area contributed by atoms with Crippen molar-refractivity contribution in [3.05, 3.63) is 58.1 Å². The number of hydrogen-bond acceptors (Lipinski definition) is 2. The summed E-state index contributed by atoms with van der Waals surface area (Å²) in [6.45, 7) is -0.309. The van der Waals surface area contributed by atoms with Gasteiger partial charge in [-0.3, -0.25) is 0 Å². The lowest BCUT2D eigenvalue weighted by Crippen LogP contribution is -1.92. The van der Waals surface area contributed by atoms with Crippen molar-refractivity contribution in [1.29, 1.82) is 0 Å². The number of halogens is 3. The van der Waals surface area contributed by atoms with Crippen molar-refractivity contribution in [2.24, 2.45) is 0 Å². The van der Waals surface area contributed by atoms with Gasteiger partial charge in [-0.05, 0) is 35.9 Å². The fraction of sp³-hybridized carbons (Fsp3) is 0.0769. The van der Waals surface area contributed by atoms with Crippen LogP contribution in [0.1, 0.15) is 5.56 Å². The first-order chi connectivity index (χ1) is 8.58. The molecule has 0 atom stereocenters. The van der Waals surface area contributed by atoms with E-state index in [9.17, 15) is 8.78 Å². The van der Waals surface area contributed by atoms with Gasteiger partial charge < -0.3 is 9.84 Å². The van der Waals surface area contributed by atoms with Crippen LogP contribution in [0.4, 0.5) is 8.78 Å². The molecule has 2 aromatic carbocycles. The lowest BCUT2D eigenvalue weighted by molar-refractivity contribution is 0.280. The van der Waals surface area contributed by atoms with Crippen molar-refractivity contribution in [2.75, 3.05) is 0 Å². The first-order valence-corrected chi connectivity index (χ1v) is 5.91. The Morgan fingerprint density at radius 2 is 1.89 bits per heavy atom. The Morgan fingerprint density at radius 1 is 1.11 bits per heavy atom. The van der Waals surface area contributed by atoms with Crippen molar-refractivity contribution in [2.45, 2.75) is 6.61 Å². The van der Waals surface area contributed by atoms with Crippen LogP contribution >= 0.6 is 15.9 Å². The van der Waals surface area contributed by atoms with Gasteiger partial charge in [0.05, 0.1) is 6.61 Å². The fourth-order valence-corrected chi connectivity index (χ4v) is 1.79. The summed E-state index contributed by atoms with van der Waals surface area (Å²) in [4.78, 5) is 0. The molecule has 2 nitrogen and oxygen atoms in total. The molecule has 0 aliphatic heterocycles. The van der Waals surface area contributed by atoms with Gasteiger partial charge in [0.25, 0.3) is 0 Å². The zero-order valence-corrected chi connectivity index (χ0v) is 10.7. The molecule has 0 unspecified atom stereocenters. The third-order valence-electron chi connectivity index (χ3n) is 2.24. The highest BCUT2D eigenvalue weighted by atomic mass is 79.9. The Morgan fingerprint density at radius 3 is 2.56 bits per heavy atom. The summed E-state index contributed by atoms with van der Waals surface area (Å²) in [5, 5.41) is 8.94. The maximum absolute atomic E-state index is 13.5. The minimum Gasteiger partial charge on any atom is -0.454 e. The number of ether oxygens (including phenoxy) is 1. The molecule has 0 aliphatic rings. The second kappa shape index (κ2) is 5.46. The van der Waals surface area contributed by atoms with Crippen LogP contribution in [0.15, 0.2) is 40.9 Å². The molecule has 1 N–H and O–H groups in total. The van der Waals surface area contributed by atoms with E-state index < -0.39 is 11.6 Å². The average Bonchev–Trinajstić information content (AvgIpc) is 2.32. The average molecular weight is 315 g/mol. The van der Waals surface area contributed by atoms with Crippen LogP contribution in [0.2, 0.25) is 0 Å². The number of aliphatic hydroxyl groups is 1. The van der Waals surface area contributed by atoms with E-state index in [1.165, 1.54) is 24.3 Å². The van der Waals surface area contributed by atoms with Crippen molar-refractivity contribution in [1.82, 2.24) is 0 Å². The van der Waals surface area contributed by atoms with Crippen molar-refractivity contribution in [3.8, 4) is 11.5 Å². The third-order valence-corrected chi connectivity index (χ3v) is 2.73. The van der Waals surface area contributed by atoms with Gasteiger partial charge in [0.1, 0.15) is 11.6 Å². The number of rotatable bonds is 3. The normalized spacial score (nSPS) is 10.4. The molecule has 0 amide bonds. The van der Waals surface area contributed by atoms with E-state index in [2.05, 4.69) is 15.9 Å². The SMILES string of the molecule is OCc1cc(F)cc(Oc2ccc(Br)cc2F)c1. The first-order valence-electron chi connectivity index (χ1n) is 5.12. The number of aliphatic hydroxyl groups excluding tert-OH is 1. The highest BCUT2D eigenvalue weighted by Gasteiger charge is 2.07. The maximum Gasteiger partial charge on any atom is 0.166 e. The molecule has 0 saturated carbocycles. The lowest BCUT2D eigenvalue weighted by Gasteiger charge is -2.08. The van der Waals surface area contributed by atoms with Crippen LogP contribution in [0.3, 0.4) is 0 Å². The predicted octanol–water partition coefficient (Wildman–Crippen LogP) is 4.01. The zero-order chi connectivity index (χ0) is 13.1. The molecule has 2 rings (SSSR count). The Kier molecular flexibility index (Phi) is 3.93. The highest BCUT2D eigenvalue weighted by Crippen LogP contribution is 2.28. The van der Waals surface area contributed by atoms with Crippen LogP contribution in [0, 0.1) is 11.6 Å². The van der Waals surface area contributed by atoms with Crippen molar-refractivity contribution >= 4 is 15.9 Å². The highest BCUT2D eigenvalue weighted by molar-refractivity contribution is 9.10. The molecule has 5 heteroatoms. The lowest BCUT2D eigenvalue weighted by atomic mass is 10.2. The first kappa shape index (κ1) is 13.0. The van der Waals surface area contributed by atoms with E-state index in [0.717, 1.165) is 6.07 Å². The van der Waals surface area contributed by atoms with Crippen LogP contribution in [0.5, 0.6) is 11.5 Å². The molecule has 0 fully saturated rings. The third kappa shape index (κ3) is 3.05. The van der Waals surface area contributed by atoms with Gasteiger partial charge in [-0.15, -0.1) is 0 Å². The summed E-state index contributed by atoms with van der Waals surface area (Å²) in [7, 11) is 0. The molecule has 0 heterocycles. The summed E-state index contributed by atoms with van der Waals surface area (Å²) in [6, 6.07) is 8.06. The van der Waals surface area contributed by atoms with E-state index in [4.69, 9.17) is 9.84 Å². The summed E-state index contributed by atoms with van der Waals surface area (Å²) >= 11 is 3.13. The summed E-state index contributed by atoms with van der Waals surface area (Å²) in [6.07, 6.45) is 0. The quantitative estimate of drug-likeness (QED) is 0.927. The summed E-state index contributed by atoms with van der Waals surface area (Å²) in [5.41, 5.74) is 0.363. The summed E-state index contributed by atoms with van der Waals surface area (Å²) in [5.74, 6) is -0.971. The summed E-state index contributed by atoms with van der Waals surface area (Å²) < 4.78 is 32.5. The Labute approximate surface area is 111 Å². The molecule has 0 radical (unpaired) electrons. The van der Waals surface area contributed by atoms with Crippen molar-refractivity contribution < 1.29 is 18.6 Å². The molecule has 94 valence electrons. The second-order valence-corrected chi connectivity index (χ2v) is 4.55. The Bertz CT molecular complexity index is 573. The molecule has 0 bridgehead atoms. The van der Waals surface area contributed by atoms with Gasteiger partial charge >= 0.3 is 0 Å². The fourth-order valence-electron chi connectivity index (χ4n) is 1.46. The van der Waals surface area contributed by atoms with Crippen LogP contribution in [-0.2, 0) is 6.61 Å². The molecule has 18 heavy (non-hydrogen) atoms. The van der Waals surface area contributed by atoms with Crippen molar-refractivity contribution in [3.63, 3.8) is 0 Å². The van der Waals surface area contributed by atoms with Gasteiger partial charge in [0.15, 0.2) is 11.6 Å². The predicted molar refractivity (Wildman–Crippen MR) is 66.5 cm³/mol. The smallest absolute Gasteiger partial charge is 0.166 e. The Balaban J connectivity index is 2.30. The van der Waals surface area contributed by atoms with E-state index in [1.54, 1.807) is 6.07 Å². The number of benzene rings is 2. The zero-order valence-electron chi connectivity index (χ0n) is 9.16. The molecule has 0 spiro atoms. The van der Waals surface area contributed by atoms with Crippen LogP contribution in [-0.4, -0.2) is 5.11 Å². The molecule has 0 aromatic heterocycles. The molecular formula is C13H9BrF2O2.